The van der Waals surface area contributed by atoms with E-state index in [0.29, 0.717) is 15.6 Å². The maximum absolute atomic E-state index is 14.6. The summed E-state index contributed by atoms with van der Waals surface area (Å²) in [6.45, 7) is 4.75. The van der Waals surface area contributed by atoms with Gasteiger partial charge < -0.3 is 10.2 Å². The van der Waals surface area contributed by atoms with Crippen molar-refractivity contribution in [1.29, 1.82) is 0 Å². The lowest BCUT2D eigenvalue weighted by Crippen LogP contribution is -2.56. The Morgan fingerprint density at radius 2 is 1.41 bits per heavy atom. The van der Waals surface area contributed by atoms with Gasteiger partial charge in [0.25, 0.3) is 10.0 Å². The summed E-state index contributed by atoms with van der Waals surface area (Å²) in [5.74, 6) is -1.07. The van der Waals surface area contributed by atoms with E-state index in [-0.39, 0.29) is 33.6 Å². The van der Waals surface area contributed by atoms with Gasteiger partial charge in [-0.05, 0) is 74.4 Å². The van der Waals surface area contributed by atoms with Crippen LogP contribution in [0.5, 0.6) is 0 Å². The molecule has 0 saturated heterocycles. The highest BCUT2D eigenvalue weighted by Gasteiger charge is 2.36. The first kappa shape index (κ1) is 35.6. The number of carbonyl (C=O) groups excluding carboxylic acids is 2. The number of anilines is 1. The van der Waals surface area contributed by atoms with Crippen molar-refractivity contribution in [1.82, 2.24) is 10.2 Å². The molecule has 7 nitrogen and oxygen atoms in total. The Balaban J connectivity index is 1.85. The van der Waals surface area contributed by atoms with Crippen LogP contribution < -0.4 is 9.62 Å². The van der Waals surface area contributed by atoms with Crippen LogP contribution in [0.15, 0.2) is 102 Å². The first-order chi connectivity index (χ1) is 21.7. The first-order valence-electron chi connectivity index (χ1n) is 14.3. The van der Waals surface area contributed by atoms with E-state index in [1.54, 1.807) is 36.4 Å². The van der Waals surface area contributed by atoms with E-state index < -0.39 is 40.0 Å². The lowest BCUT2D eigenvalue weighted by molar-refractivity contribution is -0.140. The van der Waals surface area contributed by atoms with E-state index in [1.165, 1.54) is 35.2 Å². The second-order valence-electron chi connectivity index (χ2n) is 11.6. The van der Waals surface area contributed by atoms with Crippen molar-refractivity contribution in [3.8, 4) is 0 Å². The molecule has 4 aromatic rings. The van der Waals surface area contributed by atoms with Crippen LogP contribution in [-0.4, -0.2) is 43.3 Å². The van der Waals surface area contributed by atoms with Crippen molar-refractivity contribution in [2.24, 2.45) is 0 Å². The van der Waals surface area contributed by atoms with Gasteiger partial charge in [0.2, 0.25) is 11.8 Å². The number of rotatable bonds is 11. The summed E-state index contributed by atoms with van der Waals surface area (Å²) in [6.07, 6.45) is 0.151. The van der Waals surface area contributed by atoms with Crippen LogP contribution in [0.3, 0.4) is 0 Å². The monoisotopic (exact) mass is 719 g/mol. The minimum atomic E-state index is -4.29. The molecule has 0 aliphatic heterocycles. The molecule has 4 rings (SSSR count). The van der Waals surface area contributed by atoms with E-state index in [4.69, 9.17) is 46.4 Å². The van der Waals surface area contributed by atoms with Crippen LogP contribution in [-0.2, 0) is 32.6 Å². The average molecular weight is 722 g/mol. The molecule has 0 bridgehead atoms. The Hall–Kier alpha value is -3.27. The molecule has 0 fully saturated rings. The van der Waals surface area contributed by atoms with Gasteiger partial charge in [0, 0.05) is 28.5 Å². The van der Waals surface area contributed by atoms with Gasteiger partial charge in [0.1, 0.15) is 12.6 Å². The normalized spacial score (nSPS) is 12.3. The van der Waals surface area contributed by atoms with Crippen molar-refractivity contribution in [3.05, 3.63) is 128 Å². The second kappa shape index (κ2) is 15.1. The fourth-order valence-corrected chi connectivity index (χ4v) is 6.92. The molecule has 0 unspecified atom stereocenters. The first-order valence-corrected chi connectivity index (χ1v) is 17.2. The number of hydrogen-bond acceptors (Lipinski definition) is 4. The summed E-state index contributed by atoms with van der Waals surface area (Å²) in [5.41, 5.74) is 0.819. The predicted octanol–water partition coefficient (Wildman–Crippen LogP) is 8.05. The van der Waals surface area contributed by atoms with Crippen molar-refractivity contribution in [2.45, 2.75) is 50.2 Å². The predicted molar refractivity (Wildman–Crippen MR) is 186 cm³/mol. The van der Waals surface area contributed by atoms with Crippen molar-refractivity contribution >= 4 is 73.9 Å². The van der Waals surface area contributed by atoms with E-state index >= 15 is 0 Å². The number of sulfonamides is 1. The molecule has 0 aliphatic carbocycles. The van der Waals surface area contributed by atoms with Gasteiger partial charge in [-0.15, -0.1) is 0 Å². The third kappa shape index (κ3) is 9.17. The summed E-state index contributed by atoms with van der Waals surface area (Å²) in [4.78, 5) is 29.8. The zero-order valence-electron chi connectivity index (χ0n) is 25.4. The third-order valence-electron chi connectivity index (χ3n) is 6.93. The molecular weight excluding hydrogens is 688 g/mol. The molecule has 0 radical (unpaired) electrons. The number of halogens is 4. The Bertz CT molecular complexity index is 1800. The average Bonchev–Trinajstić information content (AvgIpc) is 3.00. The topological polar surface area (TPSA) is 86.8 Å². The second-order valence-corrected chi connectivity index (χ2v) is 15.1. The molecule has 1 atom stereocenters. The Kier molecular flexibility index (Phi) is 11.7. The summed E-state index contributed by atoms with van der Waals surface area (Å²) in [5, 5.41) is 4.00. The quantitative estimate of drug-likeness (QED) is 0.170. The molecule has 1 N–H and O–H groups in total. The summed E-state index contributed by atoms with van der Waals surface area (Å²) in [7, 11) is -4.29. The molecule has 0 aliphatic rings. The molecule has 12 heteroatoms. The van der Waals surface area contributed by atoms with Crippen LogP contribution in [0.2, 0.25) is 20.1 Å². The van der Waals surface area contributed by atoms with Crippen LogP contribution in [0.25, 0.3) is 0 Å². The Labute approximate surface area is 290 Å². The van der Waals surface area contributed by atoms with Gasteiger partial charge in [-0.25, -0.2) is 8.42 Å². The number of carbonyl (C=O) groups is 2. The van der Waals surface area contributed by atoms with Gasteiger partial charge >= 0.3 is 0 Å². The maximum Gasteiger partial charge on any atom is 0.264 e. The molecule has 0 heterocycles. The van der Waals surface area contributed by atoms with Crippen LogP contribution in [0.1, 0.15) is 31.9 Å². The fourth-order valence-electron chi connectivity index (χ4n) is 4.73. The molecule has 2 amide bonds. The highest BCUT2D eigenvalue weighted by molar-refractivity contribution is 7.92. The Morgan fingerprint density at radius 1 is 0.783 bits per heavy atom. The molecule has 0 aromatic heterocycles. The molecular formula is C34H33Cl4N3O4S. The zero-order valence-corrected chi connectivity index (χ0v) is 29.2. The number of hydrogen-bond donors (Lipinski definition) is 1. The minimum Gasteiger partial charge on any atom is -0.350 e. The summed E-state index contributed by atoms with van der Waals surface area (Å²) >= 11 is 25.2. The highest BCUT2D eigenvalue weighted by Crippen LogP contribution is 2.31. The molecule has 242 valence electrons. The van der Waals surface area contributed by atoms with Gasteiger partial charge in [-0.2, -0.15) is 0 Å². The molecule has 0 saturated carbocycles. The molecule has 46 heavy (non-hydrogen) atoms. The SMILES string of the molecule is CC(C)(C)NC(=O)[C@@H](Cc1ccccc1)N(Cc1ccc(Cl)cc1Cl)C(=O)CN(c1ccc(Cl)c(Cl)c1)S(=O)(=O)c1ccccc1. The van der Waals surface area contributed by atoms with E-state index in [1.807, 2.05) is 51.1 Å². The zero-order chi connectivity index (χ0) is 33.6. The lowest BCUT2D eigenvalue weighted by Gasteiger charge is -2.35. The van der Waals surface area contributed by atoms with Crippen LogP contribution in [0, 0.1) is 0 Å². The lowest BCUT2D eigenvalue weighted by atomic mass is 10.0. The molecule has 4 aromatic carbocycles. The van der Waals surface area contributed by atoms with Gasteiger partial charge in [-0.3, -0.25) is 13.9 Å². The number of nitrogens with one attached hydrogen (secondary N) is 1. The summed E-state index contributed by atoms with van der Waals surface area (Å²) < 4.78 is 29.1. The van der Waals surface area contributed by atoms with Crippen molar-refractivity contribution in [2.75, 3.05) is 10.8 Å². The minimum absolute atomic E-state index is 0.0347. The van der Waals surface area contributed by atoms with Gasteiger partial charge in [-0.1, -0.05) is 101 Å². The van der Waals surface area contributed by atoms with E-state index in [0.717, 1.165) is 9.87 Å². The maximum atomic E-state index is 14.6. The van der Waals surface area contributed by atoms with Crippen molar-refractivity contribution in [3.63, 3.8) is 0 Å². The number of nitrogens with zero attached hydrogens (tertiary/aromatic N) is 2. The van der Waals surface area contributed by atoms with Crippen LogP contribution >= 0.6 is 46.4 Å². The third-order valence-corrected chi connectivity index (χ3v) is 10.0. The van der Waals surface area contributed by atoms with Crippen LogP contribution in [0.4, 0.5) is 5.69 Å². The number of benzene rings is 4. The van der Waals surface area contributed by atoms with E-state index in [9.17, 15) is 18.0 Å². The standard InChI is InChI=1S/C34H33Cl4N3O4S/c1-34(2,3)39-33(43)31(18-23-10-6-4-7-11-23)40(21-24-14-15-25(35)19-29(24)37)32(42)22-41(26-16-17-28(36)30(38)20-26)46(44,45)27-12-8-5-9-13-27/h4-17,19-20,31H,18,21-22H2,1-3H3,(H,39,43)/t31-/m1/s1. The largest absolute Gasteiger partial charge is 0.350 e. The van der Waals surface area contributed by atoms with Gasteiger partial charge in [0.05, 0.1) is 20.6 Å². The fraction of sp³-hybridized carbons (Fsp3) is 0.235. The van der Waals surface area contributed by atoms with E-state index in [2.05, 4.69) is 5.32 Å². The smallest absolute Gasteiger partial charge is 0.264 e. The van der Waals surface area contributed by atoms with Crippen molar-refractivity contribution < 1.29 is 18.0 Å². The summed E-state index contributed by atoms with van der Waals surface area (Å²) in [6, 6.07) is 25.1. The molecule has 0 spiro atoms. The van der Waals surface area contributed by atoms with Gasteiger partial charge in [0.15, 0.2) is 0 Å². The Morgan fingerprint density at radius 3 is 2.00 bits per heavy atom. The highest BCUT2D eigenvalue weighted by atomic mass is 35.5. The number of amides is 2.